The summed E-state index contributed by atoms with van der Waals surface area (Å²) in [6.07, 6.45) is 1.02. The molecule has 0 spiro atoms. The van der Waals surface area contributed by atoms with Crippen LogP contribution in [-0.4, -0.2) is 28.1 Å². The molecule has 19 heavy (non-hydrogen) atoms. The van der Waals surface area contributed by atoms with Crippen LogP contribution in [0, 0.1) is 6.92 Å². The quantitative estimate of drug-likeness (QED) is 0.756. The van der Waals surface area contributed by atoms with Gasteiger partial charge in [0.25, 0.3) is 0 Å². The van der Waals surface area contributed by atoms with E-state index in [9.17, 15) is 8.42 Å². The zero-order valence-corrected chi connectivity index (χ0v) is 13.5. The molecule has 0 aliphatic heterocycles. The zero-order valence-electron chi connectivity index (χ0n) is 11.1. The van der Waals surface area contributed by atoms with E-state index in [-0.39, 0.29) is 22.3 Å². The maximum absolute atomic E-state index is 12.0. The number of rotatable bonds is 7. The normalized spacial score (nSPS) is 11.1. The van der Waals surface area contributed by atoms with E-state index < -0.39 is 10.0 Å². The Morgan fingerprint density at radius 3 is 2.53 bits per heavy atom. The van der Waals surface area contributed by atoms with Gasteiger partial charge in [-0.3, -0.25) is 0 Å². The van der Waals surface area contributed by atoms with Gasteiger partial charge in [-0.05, 0) is 31.5 Å². The molecule has 0 saturated carbocycles. The Hall–Kier alpha value is -0.330. The molecule has 110 valence electrons. The van der Waals surface area contributed by atoms with Crippen molar-refractivity contribution < 1.29 is 8.42 Å². The van der Waals surface area contributed by atoms with Crippen molar-refractivity contribution in [3.8, 4) is 0 Å². The van der Waals surface area contributed by atoms with Gasteiger partial charge < -0.3 is 5.32 Å². The second-order valence-corrected chi connectivity index (χ2v) is 6.15. The summed E-state index contributed by atoms with van der Waals surface area (Å²) in [4.78, 5) is 0.139. The standard InChI is InChI=1S/C12H19ClN2O2S.ClH/c1-3-7-14-8-9-15-18(16,17)11-6-4-5-10(2)12(11)13;/h4-6,14-15H,3,7-9H2,1-2H3;1H. The van der Waals surface area contributed by atoms with Crippen LogP contribution in [0.4, 0.5) is 0 Å². The van der Waals surface area contributed by atoms with Crippen LogP contribution >= 0.6 is 24.0 Å². The van der Waals surface area contributed by atoms with E-state index in [1.807, 2.05) is 0 Å². The van der Waals surface area contributed by atoms with Crippen LogP contribution in [0.15, 0.2) is 23.1 Å². The van der Waals surface area contributed by atoms with Crippen molar-refractivity contribution in [1.29, 1.82) is 0 Å². The number of halogens is 2. The van der Waals surface area contributed by atoms with Crippen LogP contribution in [-0.2, 0) is 10.0 Å². The summed E-state index contributed by atoms with van der Waals surface area (Å²) in [6.45, 7) is 5.68. The third-order valence-electron chi connectivity index (χ3n) is 2.47. The van der Waals surface area contributed by atoms with Crippen LogP contribution in [0.1, 0.15) is 18.9 Å². The van der Waals surface area contributed by atoms with Gasteiger partial charge in [0, 0.05) is 13.1 Å². The number of sulfonamides is 1. The van der Waals surface area contributed by atoms with Gasteiger partial charge in [-0.25, -0.2) is 13.1 Å². The molecule has 0 saturated heterocycles. The number of benzene rings is 1. The summed E-state index contributed by atoms with van der Waals surface area (Å²) < 4.78 is 26.6. The lowest BCUT2D eigenvalue weighted by molar-refractivity contribution is 0.575. The maximum atomic E-state index is 12.0. The minimum atomic E-state index is -3.52. The van der Waals surface area contributed by atoms with E-state index in [1.165, 1.54) is 6.07 Å². The molecule has 0 bridgehead atoms. The van der Waals surface area contributed by atoms with Crippen molar-refractivity contribution in [3.05, 3.63) is 28.8 Å². The summed E-state index contributed by atoms with van der Waals surface area (Å²) in [5.74, 6) is 0. The van der Waals surface area contributed by atoms with Crippen molar-refractivity contribution in [2.24, 2.45) is 0 Å². The van der Waals surface area contributed by atoms with Crippen molar-refractivity contribution >= 4 is 34.0 Å². The number of aryl methyl sites for hydroxylation is 1. The molecular weight excluding hydrogens is 307 g/mol. The number of hydrogen-bond acceptors (Lipinski definition) is 3. The van der Waals surface area contributed by atoms with E-state index in [4.69, 9.17) is 11.6 Å². The highest BCUT2D eigenvalue weighted by Crippen LogP contribution is 2.24. The minimum Gasteiger partial charge on any atom is -0.315 e. The predicted octanol–water partition coefficient (Wildman–Crippen LogP) is 2.35. The molecule has 7 heteroatoms. The Bertz CT molecular complexity index is 493. The molecule has 1 aromatic carbocycles. The Morgan fingerprint density at radius 1 is 1.21 bits per heavy atom. The molecule has 0 amide bonds. The van der Waals surface area contributed by atoms with Crippen LogP contribution in [0.5, 0.6) is 0 Å². The number of nitrogens with one attached hydrogen (secondary N) is 2. The summed E-state index contributed by atoms with van der Waals surface area (Å²) >= 11 is 6.01. The highest BCUT2D eigenvalue weighted by atomic mass is 35.5. The highest BCUT2D eigenvalue weighted by molar-refractivity contribution is 7.89. The molecule has 1 rings (SSSR count). The van der Waals surface area contributed by atoms with Crippen molar-refractivity contribution in [2.75, 3.05) is 19.6 Å². The first kappa shape index (κ1) is 18.7. The lowest BCUT2D eigenvalue weighted by atomic mass is 10.2. The maximum Gasteiger partial charge on any atom is 0.242 e. The third kappa shape index (κ3) is 5.67. The van der Waals surface area contributed by atoms with Gasteiger partial charge in [0.2, 0.25) is 10.0 Å². The smallest absolute Gasteiger partial charge is 0.242 e. The SMILES string of the molecule is CCCNCCNS(=O)(=O)c1cccc(C)c1Cl.Cl. The molecule has 0 atom stereocenters. The molecule has 2 N–H and O–H groups in total. The van der Waals surface area contributed by atoms with Crippen LogP contribution < -0.4 is 10.0 Å². The Kier molecular flexibility index (Phi) is 8.61. The average Bonchev–Trinajstić information content (AvgIpc) is 2.32. The summed E-state index contributed by atoms with van der Waals surface area (Å²) in [5.41, 5.74) is 0.753. The zero-order chi connectivity index (χ0) is 13.6. The molecule has 0 aromatic heterocycles. The fourth-order valence-electron chi connectivity index (χ4n) is 1.48. The van der Waals surface area contributed by atoms with Crippen molar-refractivity contribution in [2.45, 2.75) is 25.2 Å². The molecule has 4 nitrogen and oxygen atoms in total. The average molecular weight is 327 g/mol. The van der Waals surface area contributed by atoms with Gasteiger partial charge in [-0.1, -0.05) is 30.7 Å². The molecule has 0 aliphatic rings. The van der Waals surface area contributed by atoms with Gasteiger partial charge in [-0.2, -0.15) is 0 Å². The van der Waals surface area contributed by atoms with Crippen LogP contribution in [0.3, 0.4) is 0 Å². The van der Waals surface area contributed by atoms with E-state index in [2.05, 4.69) is 17.0 Å². The molecular formula is C12H20Cl2N2O2S. The molecule has 0 fully saturated rings. The Morgan fingerprint density at radius 2 is 1.89 bits per heavy atom. The molecule has 0 radical (unpaired) electrons. The first-order chi connectivity index (χ1) is 8.49. The predicted molar refractivity (Wildman–Crippen MR) is 81.8 cm³/mol. The molecule has 0 aliphatic carbocycles. The van der Waals surface area contributed by atoms with Gasteiger partial charge >= 0.3 is 0 Å². The summed E-state index contributed by atoms with van der Waals surface area (Å²) in [5, 5.41) is 3.41. The second kappa shape index (κ2) is 8.76. The molecule has 1 aromatic rings. The van der Waals surface area contributed by atoms with Crippen molar-refractivity contribution in [1.82, 2.24) is 10.0 Å². The first-order valence-corrected chi connectivity index (χ1v) is 7.80. The lowest BCUT2D eigenvalue weighted by Crippen LogP contribution is -2.32. The Balaban J connectivity index is 0.00000324. The van der Waals surface area contributed by atoms with Gasteiger partial charge in [-0.15, -0.1) is 12.4 Å². The van der Waals surface area contributed by atoms with E-state index >= 15 is 0 Å². The third-order valence-corrected chi connectivity index (χ3v) is 4.58. The molecule has 0 unspecified atom stereocenters. The van der Waals surface area contributed by atoms with E-state index in [0.717, 1.165) is 18.5 Å². The van der Waals surface area contributed by atoms with E-state index in [1.54, 1.807) is 19.1 Å². The largest absolute Gasteiger partial charge is 0.315 e. The van der Waals surface area contributed by atoms with Crippen molar-refractivity contribution in [3.63, 3.8) is 0 Å². The fraction of sp³-hybridized carbons (Fsp3) is 0.500. The van der Waals surface area contributed by atoms with Gasteiger partial charge in [0.15, 0.2) is 0 Å². The van der Waals surface area contributed by atoms with Gasteiger partial charge in [0.1, 0.15) is 4.90 Å². The minimum absolute atomic E-state index is 0. The van der Waals surface area contributed by atoms with Crippen LogP contribution in [0.2, 0.25) is 5.02 Å². The lowest BCUT2D eigenvalue weighted by Gasteiger charge is -2.10. The Labute approximate surface area is 126 Å². The molecule has 0 heterocycles. The second-order valence-electron chi connectivity index (χ2n) is 4.03. The topological polar surface area (TPSA) is 58.2 Å². The highest BCUT2D eigenvalue weighted by Gasteiger charge is 2.17. The number of hydrogen-bond donors (Lipinski definition) is 2. The van der Waals surface area contributed by atoms with E-state index in [0.29, 0.717) is 13.1 Å². The van der Waals surface area contributed by atoms with Gasteiger partial charge in [0.05, 0.1) is 5.02 Å². The summed E-state index contributed by atoms with van der Waals surface area (Å²) in [7, 11) is -3.52. The fourth-order valence-corrected chi connectivity index (χ4v) is 3.09. The summed E-state index contributed by atoms with van der Waals surface area (Å²) in [6, 6.07) is 4.98. The first-order valence-electron chi connectivity index (χ1n) is 5.94. The van der Waals surface area contributed by atoms with Crippen LogP contribution in [0.25, 0.3) is 0 Å². The monoisotopic (exact) mass is 326 g/mol.